The highest BCUT2D eigenvalue weighted by Crippen LogP contribution is 2.18. The summed E-state index contributed by atoms with van der Waals surface area (Å²) < 4.78 is 45.8. The van der Waals surface area contributed by atoms with E-state index in [2.05, 4.69) is 4.72 Å². The number of carboxylic acids is 1. The Morgan fingerprint density at radius 2 is 2.00 bits per heavy atom. The molecule has 2 rings (SSSR count). The summed E-state index contributed by atoms with van der Waals surface area (Å²) in [7, 11) is -4.20. The van der Waals surface area contributed by atoms with Gasteiger partial charge in [-0.2, -0.15) is 0 Å². The predicted molar refractivity (Wildman–Crippen MR) is 85.0 cm³/mol. The molecule has 0 amide bonds. The molecule has 0 fully saturated rings. The van der Waals surface area contributed by atoms with Crippen LogP contribution in [0.3, 0.4) is 0 Å². The van der Waals surface area contributed by atoms with Gasteiger partial charge in [0.15, 0.2) is 0 Å². The highest BCUT2D eigenvalue weighted by Gasteiger charge is 2.21. The molecule has 0 aliphatic heterocycles. The van der Waals surface area contributed by atoms with Crippen LogP contribution in [0.5, 0.6) is 5.75 Å². The van der Waals surface area contributed by atoms with Crippen LogP contribution in [-0.4, -0.2) is 26.1 Å². The molecule has 0 aliphatic carbocycles. The van der Waals surface area contributed by atoms with Crippen LogP contribution in [0.25, 0.3) is 0 Å². The average Bonchev–Trinajstić information content (AvgIpc) is 2.54. The number of hydrogen-bond donors (Lipinski definition) is 2. The number of hydrogen-bond acceptors (Lipinski definition) is 4. The summed E-state index contributed by atoms with van der Waals surface area (Å²) in [6.07, 6.45) is 0. The van der Waals surface area contributed by atoms with Gasteiger partial charge in [0, 0.05) is 6.54 Å². The molecule has 0 radical (unpaired) electrons. The molecule has 0 bridgehead atoms. The number of sulfonamides is 1. The molecule has 24 heavy (non-hydrogen) atoms. The van der Waals surface area contributed by atoms with E-state index < -0.39 is 26.7 Å². The fourth-order valence-electron chi connectivity index (χ4n) is 2.01. The minimum absolute atomic E-state index is 0.0833. The first-order valence-electron chi connectivity index (χ1n) is 7.07. The fraction of sp³-hybridized carbons (Fsp3) is 0.188. The third kappa shape index (κ3) is 4.30. The van der Waals surface area contributed by atoms with Crippen LogP contribution in [0.4, 0.5) is 4.39 Å². The van der Waals surface area contributed by atoms with Crippen molar-refractivity contribution in [3.8, 4) is 5.75 Å². The van der Waals surface area contributed by atoms with Gasteiger partial charge in [0.25, 0.3) is 0 Å². The van der Waals surface area contributed by atoms with Gasteiger partial charge in [0.2, 0.25) is 10.0 Å². The molecule has 2 aromatic rings. The summed E-state index contributed by atoms with van der Waals surface area (Å²) in [6, 6.07) is 9.40. The number of rotatable bonds is 7. The maximum atomic E-state index is 13.8. The topological polar surface area (TPSA) is 92.7 Å². The maximum absolute atomic E-state index is 13.8. The van der Waals surface area contributed by atoms with Gasteiger partial charge in [-0.05, 0) is 42.8 Å². The molecular formula is C16H16FNO5S. The molecule has 2 N–H and O–H groups in total. The Bertz CT molecular complexity index is 851. The molecule has 0 aliphatic rings. The van der Waals surface area contributed by atoms with E-state index in [4.69, 9.17) is 9.84 Å². The molecule has 0 aromatic heterocycles. The monoisotopic (exact) mass is 353 g/mol. The van der Waals surface area contributed by atoms with Gasteiger partial charge in [-0.1, -0.05) is 12.1 Å². The maximum Gasteiger partial charge on any atom is 0.335 e. The third-order valence-corrected chi connectivity index (χ3v) is 4.56. The van der Waals surface area contributed by atoms with Gasteiger partial charge >= 0.3 is 5.97 Å². The van der Waals surface area contributed by atoms with Gasteiger partial charge in [0.05, 0.1) is 12.2 Å². The van der Waals surface area contributed by atoms with E-state index >= 15 is 0 Å². The number of halogens is 1. The Kier molecular flexibility index (Phi) is 5.53. The van der Waals surface area contributed by atoms with E-state index in [1.807, 2.05) is 6.92 Å². The first-order valence-corrected chi connectivity index (χ1v) is 8.56. The predicted octanol–water partition coefficient (Wildman–Crippen LogP) is 2.40. The van der Waals surface area contributed by atoms with Crippen LogP contribution in [-0.2, 0) is 16.6 Å². The number of carbonyl (C=O) groups is 1. The summed E-state index contributed by atoms with van der Waals surface area (Å²) in [4.78, 5) is 10.2. The van der Waals surface area contributed by atoms with E-state index in [1.54, 1.807) is 24.3 Å². The van der Waals surface area contributed by atoms with Crippen molar-refractivity contribution in [2.75, 3.05) is 6.61 Å². The molecule has 2 aromatic carbocycles. The minimum atomic E-state index is -4.20. The average molecular weight is 353 g/mol. The van der Waals surface area contributed by atoms with Gasteiger partial charge in [-0.25, -0.2) is 22.3 Å². The Labute approximate surface area is 138 Å². The fourth-order valence-corrected chi connectivity index (χ4v) is 3.13. The van der Waals surface area contributed by atoms with Gasteiger partial charge in [0.1, 0.15) is 16.5 Å². The summed E-state index contributed by atoms with van der Waals surface area (Å²) in [5, 5.41) is 8.90. The zero-order chi connectivity index (χ0) is 17.7. The first-order chi connectivity index (χ1) is 11.3. The quantitative estimate of drug-likeness (QED) is 0.797. The van der Waals surface area contributed by atoms with E-state index in [0.717, 1.165) is 18.2 Å². The lowest BCUT2D eigenvalue weighted by Crippen LogP contribution is -2.24. The van der Waals surface area contributed by atoms with Crippen molar-refractivity contribution in [3.05, 3.63) is 59.4 Å². The van der Waals surface area contributed by atoms with Crippen LogP contribution in [0, 0.1) is 5.82 Å². The molecule has 8 heteroatoms. The van der Waals surface area contributed by atoms with Crippen molar-refractivity contribution >= 4 is 16.0 Å². The molecule has 0 saturated heterocycles. The van der Waals surface area contributed by atoms with E-state index in [-0.39, 0.29) is 12.1 Å². The van der Waals surface area contributed by atoms with Crippen molar-refractivity contribution in [2.24, 2.45) is 0 Å². The number of aromatic carboxylic acids is 1. The number of ether oxygens (including phenoxy) is 1. The second-order valence-corrected chi connectivity index (χ2v) is 6.59. The molecule has 128 valence electrons. The lowest BCUT2D eigenvalue weighted by atomic mass is 10.2. The van der Waals surface area contributed by atoms with Crippen LogP contribution >= 0.6 is 0 Å². The largest absolute Gasteiger partial charge is 0.494 e. The van der Waals surface area contributed by atoms with Crippen molar-refractivity contribution in [1.82, 2.24) is 4.72 Å². The number of nitrogens with one attached hydrogen (secondary N) is 1. The normalized spacial score (nSPS) is 11.2. The molecule has 0 atom stereocenters. The van der Waals surface area contributed by atoms with Crippen LogP contribution in [0.1, 0.15) is 22.8 Å². The van der Waals surface area contributed by atoms with Crippen molar-refractivity contribution in [1.29, 1.82) is 0 Å². The standard InChI is InChI=1S/C16H16FNO5S/c1-2-23-13-5-3-4-11(8-13)10-18-24(21,22)15-9-12(16(19)20)6-7-14(15)17/h3-9,18H,2,10H2,1H3,(H,19,20). The lowest BCUT2D eigenvalue weighted by molar-refractivity contribution is 0.0696. The number of benzene rings is 2. The summed E-state index contributed by atoms with van der Waals surface area (Å²) >= 11 is 0. The zero-order valence-electron chi connectivity index (χ0n) is 12.8. The van der Waals surface area contributed by atoms with Crippen molar-refractivity contribution < 1.29 is 27.4 Å². The smallest absolute Gasteiger partial charge is 0.335 e. The lowest BCUT2D eigenvalue weighted by Gasteiger charge is -2.10. The highest BCUT2D eigenvalue weighted by molar-refractivity contribution is 7.89. The first kappa shape index (κ1) is 17.9. The Morgan fingerprint density at radius 3 is 2.67 bits per heavy atom. The van der Waals surface area contributed by atoms with E-state index in [9.17, 15) is 17.6 Å². The molecule has 0 unspecified atom stereocenters. The summed E-state index contributed by atoms with van der Waals surface area (Å²) in [6.45, 7) is 2.22. The van der Waals surface area contributed by atoms with E-state index in [1.165, 1.54) is 0 Å². The molecule has 6 nitrogen and oxygen atoms in total. The second kappa shape index (κ2) is 7.41. The minimum Gasteiger partial charge on any atom is -0.494 e. The van der Waals surface area contributed by atoms with Crippen molar-refractivity contribution in [2.45, 2.75) is 18.4 Å². The molecule has 0 spiro atoms. The van der Waals surface area contributed by atoms with E-state index in [0.29, 0.717) is 17.9 Å². The summed E-state index contributed by atoms with van der Waals surface area (Å²) in [5.74, 6) is -1.76. The molecule has 0 heterocycles. The van der Waals surface area contributed by atoms with Gasteiger partial charge in [-0.15, -0.1) is 0 Å². The zero-order valence-corrected chi connectivity index (χ0v) is 13.6. The third-order valence-electron chi connectivity index (χ3n) is 3.14. The Balaban J connectivity index is 2.21. The van der Waals surface area contributed by atoms with Crippen molar-refractivity contribution in [3.63, 3.8) is 0 Å². The van der Waals surface area contributed by atoms with Crippen LogP contribution in [0.2, 0.25) is 0 Å². The van der Waals surface area contributed by atoms with Gasteiger partial charge in [-0.3, -0.25) is 0 Å². The molecule has 0 saturated carbocycles. The highest BCUT2D eigenvalue weighted by atomic mass is 32.2. The van der Waals surface area contributed by atoms with Crippen LogP contribution in [0.15, 0.2) is 47.4 Å². The van der Waals surface area contributed by atoms with Gasteiger partial charge < -0.3 is 9.84 Å². The Hall–Kier alpha value is -2.45. The Morgan fingerprint density at radius 1 is 1.25 bits per heavy atom. The SMILES string of the molecule is CCOc1cccc(CNS(=O)(=O)c2cc(C(=O)O)ccc2F)c1. The summed E-state index contributed by atoms with van der Waals surface area (Å²) in [5.41, 5.74) is 0.314. The number of carboxylic acid groups (broad SMARTS) is 1. The molecular weight excluding hydrogens is 337 g/mol. The second-order valence-electron chi connectivity index (χ2n) is 4.86. The van der Waals surface area contributed by atoms with Crippen LogP contribution < -0.4 is 9.46 Å².